The number of hydrogen-bond acceptors (Lipinski definition) is 3. The van der Waals surface area contributed by atoms with Crippen LogP contribution in [0.4, 0.5) is 10.5 Å². The lowest BCUT2D eigenvalue weighted by atomic mass is 10.2. The maximum atomic E-state index is 11.7. The van der Waals surface area contributed by atoms with Gasteiger partial charge in [0, 0.05) is 5.69 Å². The van der Waals surface area contributed by atoms with E-state index in [1.54, 1.807) is 6.92 Å². The molecule has 0 spiro atoms. The zero-order chi connectivity index (χ0) is 14.5. The number of anilines is 1. The minimum absolute atomic E-state index is 0.0210. The molecule has 0 saturated heterocycles. The number of carbonyl (C=O) groups is 1. The van der Waals surface area contributed by atoms with Gasteiger partial charge in [0.2, 0.25) is 0 Å². The van der Waals surface area contributed by atoms with Crippen LogP contribution in [0.2, 0.25) is 5.02 Å². The second kappa shape index (κ2) is 6.30. The lowest BCUT2D eigenvalue weighted by Crippen LogP contribution is -2.14. The van der Waals surface area contributed by atoms with Gasteiger partial charge in [-0.3, -0.25) is 5.32 Å². The minimum atomic E-state index is -0.571. The molecule has 0 unspecified atom stereocenters. The number of ether oxygens (including phenoxy) is 1. The number of phenols is 1. The largest absolute Gasteiger partial charge is 0.506 e. The number of nitrogens with one attached hydrogen (secondary N) is 1. The molecule has 0 aliphatic rings. The Hall–Kier alpha value is -2.20. The molecule has 0 fully saturated rings. The fraction of sp³-hybridized carbons (Fsp3) is 0.133. The van der Waals surface area contributed by atoms with Crippen LogP contribution >= 0.6 is 11.6 Å². The van der Waals surface area contributed by atoms with Crippen molar-refractivity contribution in [2.45, 2.75) is 13.5 Å². The van der Waals surface area contributed by atoms with E-state index in [0.29, 0.717) is 11.3 Å². The van der Waals surface area contributed by atoms with E-state index < -0.39 is 6.09 Å². The van der Waals surface area contributed by atoms with Crippen molar-refractivity contribution in [3.8, 4) is 5.75 Å². The first-order chi connectivity index (χ1) is 9.56. The van der Waals surface area contributed by atoms with E-state index in [1.165, 1.54) is 12.1 Å². The van der Waals surface area contributed by atoms with Gasteiger partial charge in [-0.25, -0.2) is 4.79 Å². The minimum Gasteiger partial charge on any atom is -0.506 e. The predicted octanol–water partition coefficient (Wildman–Crippen LogP) is 4.10. The van der Waals surface area contributed by atoms with Gasteiger partial charge in [0.25, 0.3) is 0 Å². The lowest BCUT2D eigenvalue weighted by molar-refractivity contribution is 0.155. The molecule has 0 aromatic heterocycles. The Labute approximate surface area is 122 Å². The molecule has 2 aromatic rings. The molecule has 104 valence electrons. The Balaban J connectivity index is 1.97. The first-order valence-corrected chi connectivity index (χ1v) is 6.41. The highest BCUT2D eigenvalue weighted by Crippen LogP contribution is 2.29. The maximum absolute atomic E-state index is 11.7. The molecule has 20 heavy (non-hydrogen) atoms. The van der Waals surface area contributed by atoms with Crippen LogP contribution < -0.4 is 5.32 Å². The molecule has 5 heteroatoms. The number of halogens is 1. The van der Waals surface area contributed by atoms with Crippen LogP contribution in [0.3, 0.4) is 0 Å². The molecule has 2 aromatic carbocycles. The summed E-state index contributed by atoms with van der Waals surface area (Å²) in [6, 6.07) is 12.4. The molecule has 0 aliphatic heterocycles. The first-order valence-electron chi connectivity index (χ1n) is 6.03. The summed E-state index contributed by atoms with van der Waals surface area (Å²) in [6.07, 6.45) is -0.571. The van der Waals surface area contributed by atoms with Crippen molar-refractivity contribution in [1.29, 1.82) is 0 Å². The van der Waals surface area contributed by atoms with Crippen molar-refractivity contribution in [2.24, 2.45) is 0 Å². The fourth-order valence-corrected chi connectivity index (χ4v) is 1.83. The average molecular weight is 292 g/mol. The van der Waals surface area contributed by atoms with Crippen LogP contribution in [0.1, 0.15) is 11.1 Å². The van der Waals surface area contributed by atoms with Crippen LogP contribution in [-0.2, 0) is 11.3 Å². The molecule has 1 amide bonds. The van der Waals surface area contributed by atoms with E-state index >= 15 is 0 Å². The number of rotatable bonds is 3. The number of phenolic OH excluding ortho intramolecular Hbond substituents is 1. The summed E-state index contributed by atoms with van der Waals surface area (Å²) in [6.45, 7) is 1.94. The summed E-state index contributed by atoms with van der Waals surface area (Å²) in [4.78, 5) is 11.7. The molecular formula is C15H14ClNO3. The SMILES string of the molecule is Cc1cc(O)c(Cl)cc1NC(=O)OCc1ccccc1. The van der Waals surface area contributed by atoms with Crippen LogP contribution in [0.5, 0.6) is 5.75 Å². The number of amides is 1. The second-order valence-electron chi connectivity index (χ2n) is 4.31. The van der Waals surface area contributed by atoms with Gasteiger partial charge in [-0.1, -0.05) is 41.9 Å². The topological polar surface area (TPSA) is 58.6 Å². The highest BCUT2D eigenvalue weighted by molar-refractivity contribution is 6.32. The number of hydrogen-bond donors (Lipinski definition) is 2. The standard InChI is InChI=1S/C15H14ClNO3/c1-10-7-14(18)12(16)8-13(10)17-15(19)20-9-11-5-3-2-4-6-11/h2-8,18H,9H2,1H3,(H,17,19). The summed E-state index contributed by atoms with van der Waals surface area (Å²) >= 11 is 5.80. The highest BCUT2D eigenvalue weighted by Gasteiger charge is 2.09. The maximum Gasteiger partial charge on any atom is 0.411 e. The third-order valence-electron chi connectivity index (χ3n) is 2.74. The van der Waals surface area contributed by atoms with Crippen molar-refractivity contribution >= 4 is 23.4 Å². The zero-order valence-corrected chi connectivity index (χ0v) is 11.6. The summed E-state index contributed by atoms with van der Waals surface area (Å²) in [5.74, 6) is -0.0210. The summed E-state index contributed by atoms with van der Waals surface area (Å²) in [5.41, 5.74) is 2.11. The monoisotopic (exact) mass is 291 g/mol. The van der Waals surface area contributed by atoms with Crippen LogP contribution in [0.25, 0.3) is 0 Å². The zero-order valence-electron chi connectivity index (χ0n) is 10.9. The van der Waals surface area contributed by atoms with Gasteiger partial charge in [-0.2, -0.15) is 0 Å². The smallest absolute Gasteiger partial charge is 0.411 e. The second-order valence-corrected chi connectivity index (χ2v) is 4.71. The number of benzene rings is 2. The van der Waals surface area contributed by atoms with Crippen LogP contribution in [-0.4, -0.2) is 11.2 Å². The Kier molecular flexibility index (Phi) is 4.48. The van der Waals surface area contributed by atoms with Gasteiger partial charge in [0.1, 0.15) is 12.4 Å². The van der Waals surface area contributed by atoms with Crippen molar-refractivity contribution in [3.63, 3.8) is 0 Å². The molecule has 0 aliphatic carbocycles. The Morgan fingerprint density at radius 3 is 2.70 bits per heavy atom. The van der Waals surface area contributed by atoms with Crippen molar-refractivity contribution in [3.05, 3.63) is 58.6 Å². The van der Waals surface area contributed by atoms with Gasteiger partial charge in [0.15, 0.2) is 0 Å². The normalized spacial score (nSPS) is 10.1. The summed E-state index contributed by atoms with van der Waals surface area (Å²) in [5, 5.41) is 12.2. The average Bonchev–Trinajstić information content (AvgIpc) is 2.44. The lowest BCUT2D eigenvalue weighted by Gasteiger charge is -2.10. The number of aromatic hydroxyl groups is 1. The summed E-state index contributed by atoms with van der Waals surface area (Å²) < 4.78 is 5.10. The van der Waals surface area contributed by atoms with Gasteiger partial charge in [-0.15, -0.1) is 0 Å². The molecule has 0 atom stereocenters. The van der Waals surface area contributed by atoms with Crippen molar-refractivity contribution < 1.29 is 14.6 Å². The third kappa shape index (κ3) is 3.65. The molecule has 0 heterocycles. The number of aryl methyl sites for hydroxylation is 1. The van der Waals surface area contributed by atoms with Crippen LogP contribution in [0, 0.1) is 6.92 Å². The molecular weight excluding hydrogens is 278 g/mol. The summed E-state index contributed by atoms with van der Waals surface area (Å²) in [7, 11) is 0. The Morgan fingerprint density at radius 1 is 1.30 bits per heavy atom. The molecule has 0 bridgehead atoms. The van der Waals surface area contributed by atoms with Gasteiger partial charge < -0.3 is 9.84 Å². The Bertz CT molecular complexity index is 614. The van der Waals surface area contributed by atoms with Gasteiger partial charge >= 0.3 is 6.09 Å². The van der Waals surface area contributed by atoms with E-state index in [1.807, 2.05) is 30.3 Å². The Morgan fingerprint density at radius 2 is 2.00 bits per heavy atom. The van der Waals surface area contributed by atoms with Crippen LogP contribution in [0.15, 0.2) is 42.5 Å². The highest BCUT2D eigenvalue weighted by atomic mass is 35.5. The van der Waals surface area contributed by atoms with Gasteiger partial charge in [-0.05, 0) is 30.2 Å². The molecule has 0 radical (unpaired) electrons. The van der Waals surface area contributed by atoms with E-state index in [0.717, 1.165) is 5.56 Å². The molecule has 2 N–H and O–H groups in total. The van der Waals surface area contributed by atoms with Gasteiger partial charge in [0.05, 0.1) is 5.02 Å². The predicted molar refractivity (Wildman–Crippen MR) is 78.1 cm³/mol. The third-order valence-corrected chi connectivity index (χ3v) is 3.05. The quantitative estimate of drug-likeness (QED) is 0.837. The van der Waals surface area contributed by atoms with E-state index in [-0.39, 0.29) is 17.4 Å². The fourth-order valence-electron chi connectivity index (χ4n) is 1.67. The molecule has 0 saturated carbocycles. The molecule has 4 nitrogen and oxygen atoms in total. The van der Waals surface area contributed by atoms with Crippen molar-refractivity contribution in [2.75, 3.05) is 5.32 Å². The van der Waals surface area contributed by atoms with Crippen molar-refractivity contribution in [1.82, 2.24) is 0 Å². The first kappa shape index (κ1) is 14.2. The van der Waals surface area contributed by atoms with E-state index in [2.05, 4.69) is 5.32 Å². The number of carbonyl (C=O) groups excluding carboxylic acids is 1. The van der Waals surface area contributed by atoms with E-state index in [4.69, 9.17) is 16.3 Å². The van der Waals surface area contributed by atoms with E-state index in [9.17, 15) is 9.90 Å². The molecule has 2 rings (SSSR count).